The second-order valence-electron chi connectivity index (χ2n) is 3.68. The van der Waals surface area contributed by atoms with E-state index in [1.165, 1.54) is 7.11 Å². The van der Waals surface area contributed by atoms with Crippen molar-refractivity contribution in [2.24, 2.45) is 0 Å². The van der Waals surface area contributed by atoms with Crippen LogP contribution in [0.15, 0.2) is 24.3 Å². The fraction of sp³-hybridized carbons (Fsp3) is 0.231. The van der Waals surface area contributed by atoms with Crippen LogP contribution in [0.5, 0.6) is 0 Å². The van der Waals surface area contributed by atoms with E-state index in [0.29, 0.717) is 12.2 Å². The normalized spacial score (nSPS) is 13.6. The van der Waals surface area contributed by atoms with Crippen LogP contribution in [-0.4, -0.2) is 19.0 Å². The average molecular weight is 232 g/mol. The highest BCUT2D eigenvalue weighted by Gasteiger charge is 2.20. The maximum atomic E-state index is 11.2. The Hall–Kier alpha value is -2.10. The van der Waals surface area contributed by atoms with Crippen LogP contribution in [0.25, 0.3) is 6.08 Å². The van der Waals surface area contributed by atoms with Crippen molar-refractivity contribution in [3.05, 3.63) is 41.0 Å². The first kappa shape index (κ1) is 11.4. The van der Waals surface area contributed by atoms with Gasteiger partial charge in [0.25, 0.3) is 0 Å². The van der Waals surface area contributed by atoms with Gasteiger partial charge in [-0.3, -0.25) is 4.79 Å². The molecule has 0 unspecified atom stereocenters. The molecule has 0 aliphatic carbocycles. The molecule has 0 radical (unpaired) electrons. The predicted molar refractivity (Wildman–Crippen MR) is 61.2 cm³/mol. The van der Waals surface area contributed by atoms with Crippen molar-refractivity contribution in [3.63, 3.8) is 0 Å². The largest absolute Gasteiger partial charge is 0.469 e. The van der Waals surface area contributed by atoms with E-state index in [0.717, 1.165) is 11.1 Å². The number of hydrogen-bond donors (Lipinski definition) is 0. The fourth-order valence-electron chi connectivity index (χ4n) is 1.63. The monoisotopic (exact) mass is 232 g/mol. The van der Waals surface area contributed by atoms with Crippen LogP contribution in [0.4, 0.5) is 0 Å². The molecule has 0 saturated carbocycles. The van der Waals surface area contributed by atoms with Crippen LogP contribution in [0.3, 0.4) is 0 Å². The summed E-state index contributed by atoms with van der Waals surface area (Å²) in [7, 11) is 1.36. The Morgan fingerprint density at radius 1 is 1.53 bits per heavy atom. The summed E-state index contributed by atoms with van der Waals surface area (Å²) in [6.07, 6.45) is 3.79. The topological polar surface area (TPSA) is 52.6 Å². The Bertz CT molecular complexity index is 488. The van der Waals surface area contributed by atoms with Gasteiger partial charge in [0.15, 0.2) is 0 Å². The van der Waals surface area contributed by atoms with E-state index in [1.807, 2.05) is 18.2 Å². The van der Waals surface area contributed by atoms with E-state index >= 15 is 0 Å². The van der Waals surface area contributed by atoms with E-state index in [4.69, 9.17) is 4.74 Å². The molecule has 17 heavy (non-hydrogen) atoms. The average Bonchev–Trinajstić information content (AvgIpc) is 2.70. The summed E-state index contributed by atoms with van der Waals surface area (Å²) < 4.78 is 9.42. The van der Waals surface area contributed by atoms with Crippen molar-refractivity contribution in [2.45, 2.75) is 13.0 Å². The van der Waals surface area contributed by atoms with Gasteiger partial charge in [-0.15, -0.1) is 0 Å². The molecule has 0 spiro atoms. The van der Waals surface area contributed by atoms with Crippen molar-refractivity contribution in [2.75, 3.05) is 7.11 Å². The van der Waals surface area contributed by atoms with Crippen LogP contribution in [0.1, 0.15) is 27.9 Å². The van der Waals surface area contributed by atoms with Gasteiger partial charge in [-0.1, -0.05) is 18.2 Å². The van der Waals surface area contributed by atoms with Crippen LogP contribution in [-0.2, 0) is 20.9 Å². The van der Waals surface area contributed by atoms with E-state index in [1.54, 1.807) is 12.1 Å². The Balaban J connectivity index is 2.08. The van der Waals surface area contributed by atoms with Crippen molar-refractivity contribution in [1.29, 1.82) is 0 Å². The number of benzene rings is 1. The van der Waals surface area contributed by atoms with E-state index in [-0.39, 0.29) is 18.4 Å². The third-order valence-corrected chi connectivity index (χ3v) is 2.53. The maximum absolute atomic E-state index is 11.2. The summed E-state index contributed by atoms with van der Waals surface area (Å²) >= 11 is 0. The molecular formula is C13H12O4. The minimum atomic E-state index is -0.277. The second-order valence-corrected chi connectivity index (χ2v) is 3.68. The molecule has 0 N–H and O–H groups in total. The molecule has 0 bridgehead atoms. The first-order chi connectivity index (χ1) is 8.20. The maximum Gasteiger partial charge on any atom is 0.338 e. The number of esters is 2. The molecule has 0 amide bonds. The number of cyclic esters (lactones) is 1. The molecular weight excluding hydrogens is 220 g/mol. The second kappa shape index (κ2) is 4.82. The molecule has 0 atom stereocenters. The molecule has 1 heterocycles. The molecule has 0 aromatic heterocycles. The number of carbonyl (C=O) groups is 2. The molecule has 1 aliphatic heterocycles. The van der Waals surface area contributed by atoms with Crippen molar-refractivity contribution in [1.82, 2.24) is 0 Å². The molecule has 0 fully saturated rings. The lowest BCUT2D eigenvalue weighted by molar-refractivity contribution is -0.139. The number of carbonyl (C=O) groups excluding carboxylic acids is 2. The lowest BCUT2D eigenvalue weighted by Crippen LogP contribution is -1.96. The molecule has 1 aromatic rings. The lowest BCUT2D eigenvalue weighted by Gasteiger charge is -1.97. The minimum Gasteiger partial charge on any atom is -0.469 e. The van der Waals surface area contributed by atoms with E-state index < -0.39 is 0 Å². The summed E-state index contributed by atoms with van der Waals surface area (Å²) in [5.74, 6) is -0.550. The van der Waals surface area contributed by atoms with Gasteiger partial charge in [0, 0.05) is 5.56 Å². The zero-order valence-electron chi connectivity index (χ0n) is 9.43. The smallest absolute Gasteiger partial charge is 0.338 e. The van der Waals surface area contributed by atoms with Crippen molar-refractivity contribution in [3.8, 4) is 0 Å². The quantitative estimate of drug-likeness (QED) is 0.747. The molecule has 1 aromatic carbocycles. The summed E-state index contributed by atoms with van der Waals surface area (Å²) in [6, 6.07) is 5.44. The van der Waals surface area contributed by atoms with Crippen molar-refractivity contribution >= 4 is 18.0 Å². The van der Waals surface area contributed by atoms with Gasteiger partial charge < -0.3 is 9.47 Å². The number of rotatable bonds is 3. The van der Waals surface area contributed by atoms with Gasteiger partial charge in [-0.05, 0) is 17.7 Å². The summed E-state index contributed by atoms with van der Waals surface area (Å²) in [5, 5.41) is 0. The minimum absolute atomic E-state index is 0.239. The molecule has 0 saturated heterocycles. The molecule has 88 valence electrons. The van der Waals surface area contributed by atoms with E-state index in [9.17, 15) is 9.59 Å². The predicted octanol–water partition coefficient (Wildman–Crippen LogP) is 1.93. The number of fused-ring (bicyclic) bond motifs is 1. The van der Waals surface area contributed by atoms with Crippen LogP contribution < -0.4 is 0 Å². The van der Waals surface area contributed by atoms with E-state index in [2.05, 4.69) is 4.74 Å². The first-order valence-corrected chi connectivity index (χ1v) is 5.24. The van der Waals surface area contributed by atoms with Gasteiger partial charge in [0.2, 0.25) is 0 Å². The highest BCUT2D eigenvalue weighted by Crippen LogP contribution is 2.21. The Kier molecular flexibility index (Phi) is 3.23. The molecule has 4 nitrogen and oxygen atoms in total. The van der Waals surface area contributed by atoms with Gasteiger partial charge >= 0.3 is 11.9 Å². The van der Waals surface area contributed by atoms with Gasteiger partial charge in [-0.25, -0.2) is 4.79 Å². The Labute approximate surface area is 98.8 Å². The first-order valence-electron chi connectivity index (χ1n) is 5.24. The summed E-state index contributed by atoms with van der Waals surface area (Å²) in [6.45, 7) is 0.326. The van der Waals surface area contributed by atoms with Gasteiger partial charge in [0.1, 0.15) is 6.61 Å². The van der Waals surface area contributed by atoms with Crippen LogP contribution in [0, 0.1) is 0 Å². The zero-order chi connectivity index (χ0) is 12.3. The highest BCUT2D eigenvalue weighted by atomic mass is 16.5. The Morgan fingerprint density at radius 3 is 3.12 bits per heavy atom. The fourth-order valence-corrected chi connectivity index (χ4v) is 1.63. The zero-order valence-corrected chi connectivity index (χ0v) is 9.43. The third-order valence-electron chi connectivity index (χ3n) is 2.53. The standard InChI is InChI=1S/C13H12O4/c1-16-12(14)4-2-3-9-5-6-11-10(7-9)8-17-13(11)15/h2-3,5-7H,4,8H2,1H3. The van der Waals surface area contributed by atoms with Crippen LogP contribution >= 0.6 is 0 Å². The van der Waals surface area contributed by atoms with Crippen LogP contribution in [0.2, 0.25) is 0 Å². The lowest BCUT2D eigenvalue weighted by atomic mass is 10.1. The third kappa shape index (κ3) is 2.53. The number of methoxy groups -OCH3 is 1. The SMILES string of the molecule is COC(=O)CC=Cc1ccc2c(c1)COC2=O. The van der Waals surface area contributed by atoms with Gasteiger partial charge in [-0.2, -0.15) is 0 Å². The highest BCUT2D eigenvalue weighted by molar-refractivity contribution is 5.93. The summed E-state index contributed by atoms with van der Waals surface area (Å²) in [4.78, 5) is 22.1. The summed E-state index contributed by atoms with van der Waals surface area (Å²) in [5.41, 5.74) is 2.44. The molecule has 4 heteroatoms. The van der Waals surface area contributed by atoms with Crippen molar-refractivity contribution < 1.29 is 19.1 Å². The molecule has 1 aliphatic rings. The number of ether oxygens (including phenoxy) is 2. The number of hydrogen-bond acceptors (Lipinski definition) is 4. The Morgan fingerprint density at radius 2 is 2.35 bits per heavy atom. The van der Waals surface area contributed by atoms with Gasteiger partial charge in [0.05, 0.1) is 19.1 Å². The molecule has 2 rings (SSSR count).